The van der Waals surface area contributed by atoms with Gasteiger partial charge in [-0.05, 0) is 62.3 Å². The fourth-order valence-corrected chi connectivity index (χ4v) is 8.17. The van der Waals surface area contributed by atoms with Crippen LogP contribution in [0.4, 0.5) is 15.9 Å². The van der Waals surface area contributed by atoms with Gasteiger partial charge in [0.1, 0.15) is 17.6 Å². The molecule has 3 fully saturated rings. The molecule has 4 aromatic rings. The third kappa shape index (κ3) is 8.63. The average molecular weight is 819 g/mol. The number of amides is 5. The summed E-state index contributed by atoms with van der Waals surface area (Å²) >= 11 is 0. The lowest BCUT2D eigenvalue weighted by molar-refractivity contribution is -0.150. The van der Waals surface area contributed by atoms with Crippen molar-refractivity contribution in [1.82, 2.24) is 39.8 Å². The summed E-state index contributed by atoms with van der Waals surface area (Å²) in [4.78, 5) is 90.9. The molecule has 0 aliphatic carbocycles. The van der Waals surface area contributed by atoms with Gasteiger partial charge in [-0.15, -0.1) is 0 Å². The van der Waals surface area contributed by atoms with Gasteiger partial charge in [0.05, 0.1) is 24.1 Å². The number of ether oxygens (including phenoxy) is 1. The monoisotopic (exact) mass is 818 g/mol. The molecule has 0 bridgehead atoms. The van der Waals surface area contributed by atoms with Crippen molar-refractivity contribution in [1.29, 1.82) is 0 Å². The number of carbonyl (C=O) groups is 6. The van der Waals surface area contributed by atoms with Crippen LogP contribution in [0.25, 0.3) is 11.3 Å². The van der Waals surface area contributed by atoms with Crippen molar-refractivity contribution in [2.75, 3.05) is 43.8 Å². The van der Waals surface area contributed by atoms with E-state index in [-0.39, 0.29) is 30.4 Å². The molecule has 5 amide bonds. The Labute approximate surface area is 343 Å². The van der Waals surface area contributed by atoms with Crippen molar-refractivity contribution in [3.63, 3.8) is 0 Å². The van der Waals surface area contributed by atoms with Gasteiger partial charge in [-0.2, -0.15) is 5.10 Å². The molecule has 2 atom stereocenters. The number of likely N-dealkylation sites (tertiary alicyclic amines) is 2. The maximum absolute atomic E-state index is 13.5. The van der Waals surface area contributed by atoms with Gasteiger partial charge in [-0.25, -0.2) is 19.2 Å². The topological polar surface area (TPSA) is 215 Å². The smallest absolute Gasteiger partial charge is 0.361 e. The predicted octanol–water partition coefficient (Wildman–Crippen LogP) is 3.01. The Morgan fingerprint density at radius 1 is 0.933 bits per heavy atom. The lowest BCUT2D eigenvalue weighted by Crippen LogP contribution is -2.55. The van der Waals surface area contributed by atoms with Crippen LogP contribution in [-0.2, 0) is 28.7 Å². The van der Waals surface area contributed by atoms with E-state index in [1.54, 1.807) is 36.5 Å². The second kappa shape index (κ2) is 17.2. The Morgan fingerprint density at radius 3 is 2.38 bits per heavy atom. The lowest BCUT2D eigenvalue weighted by Gasteiger charge is -2.38. The summed E-state index contributed by atoms with van der Waals surface area (Å²) in [6.07, 6.45) is 8.55. The maximum Gasteiger partial charge on any atom is 0.361 e. The van der Waals surface area contributed by atoms with Gasteiger partial charge in [-0.3, -0.25) is 38.9 Å². The van der Waals surface area contributed by atoms with Crippen LogP contribution < -0.4 is 16.4 Å². The molecule has 0 radical (unpaired) electrons. The number of halogens is 1. The summed E-state index contributed by atoms with van der Waals surface area (Å²) < 4.78 is 21.1. The maximum atomic E-state index is 13.5. The van der Waals surface area contributed by atoms with Gasteiger partial charge >= 0.3 is 5.97 Å². The van der Waals surface area contributed by atoms with Crippen molar-refractivity contribution in [2.24, 2.45) is 5.92 Å². The number of hydrogen-bond donors (Lipinski definition) is 3. The first-order valence-electron chi connectivity index (χ1n) is 19.9. The highest BCUT2D eigenvalue weighted by atomic mass is 19.1. The standard InChI is InChI=1S/C42H43FN10O7/c43-28-6-8-29(9-7-28)47-40(57)37(26-4-2-1-3-5-26)60-42(59)36-38(44)45-22-31(48-36)27-21-46-52(24-27)30-14-16-50(17-15-30)23-25-12-18-51(19-13-25)33-20-35(55)53(41(33)58)32-10-11-34(54)49-39(32)56/h1-9,20-22,24-25,30,32,37H,10-19,23H2,(H2,44,45)(H,47,57)(H,49,54,56)/t32?,37-/m1/s1. The van der Waals surface area contributed by atoms with Gasteiger partial charge in [0.15, 0.2) is 11.5 Å². The SMILES string of the molecule is Nc1ncc(-c2cnn(C3CCN(CC4CCN(C5=CC(=O)N(C6CCC(=O)NC6=O)C5=O)CC4)CC3)c2)nc1C(=O)O[C@@H](C(=O)Nc1ccc(F)cc1)c1ccccc1. The number of rotatable bonds is 11. The molecular formula is C42H43FN10O7. The number of esters is 1. The zero-order valence-corrected chi connectivity index (χ0v) is 32.5. The first kappa shape index (κ1) is 40.0. The van der Waals surface area contributed by atoms with Crippen molar-refractivity contribution in [3.05, 3.63) is 102 Å². The summed E-state index contributed by atoms with van der Waals surface area (Å²) in [6.45, 7) is 3.90. The number of nitrogens with two attached hydrogens (primary N) is 1. The molecule has 2 aromatic heterocycles. The van der Waals surface area contributed by atoms with Gasteiger partial charge in [0, 0.05) is 68.2 Å². The van der Waals surface area contributed by atoms with E-state index in [0.29, 0.717) is 47.2 Å². The van der Waals surface area contributed by atoms with Crippen molar-refractivity contribution in [3.8, 4) is 11.3 Å². The van der Waals surface area contributed by atoms with E-state index in [0.717, 1.165) is 50.2 Å². The second-order valence-corrected chi connectivity index (χ2v) is 15.4. The molecule has 0 spiro atoms. The van der Waals surface area contributed by atoms with Crippen LogP contribution in [0.2, 0.25) is 0 Å². The van der Waals surface area contributed by atoms with E-state index in [2.05, 4.69) is 30.6 Å². The normalized spacial score (nSPS) is 19.9. The first-order valence-corrected chi connectivity index (χ1v) is 19.9. The molecule has 60 heavy (non-hydrogen) atoms. The minimum Gasteiger partial charge on any atom is -0.442 e. The number of nitrogen functional groups attached to an aromatic ring is 1. The average Bonchev–Trinajstić information content (AvgIpc) is 3.86. The molecule has 18 heteroatoms. The van der Waals surface area contributed by atoms with Crippen LogP contribution in [-0.4, -0.2) is 109 Å². The molecule has 4 N–H and O–H groups in total. The van der Waals surface area contributed by atoms with Gasteiger partial charge < -0.3 is 25.6 Å². The zero-order valence-electron chi connectivity index (χ0n) is 32.5. The first-order chi connectivity index (χ1) is 29.0. The Bertz CT molecular complexity index is 2340. The number of nitrogens with one attached hydrogen (secondary N) is 2. The minimum atomic E-state index is -1.37. The molecule has 2 aromatic carbocycles. The molecule has 6 heterocycles. The Morgan fingerprint density at radius 2 is 1.67 bits per heavy atom. The summed E-state index contributed by atoms with van der Waals surface area (Å²) in [5, 5.41) is 9.49. The number of imide groups is 2. The number of nitrogens with zero attached hydrogens (tertiary/aromatic N) is 7. The quantitative estimate of drug-likeness (QED) is 0.147. The Balaban J connectivity index is 0.837. The van der Waals surface area contributed by atoms with Crippen LogP contribution in [0.3, 0.4) is 0 Å². The third-order valence-corrected chi connectivity index (χ3v) is 11.4. The van der Waals surface area contributed by atoms with E-state index in [1.165, 1.54) is 36.5 Å². The number of anilines is 2. The van der Waals surface area contributed by atoms with Crippen LogP contribution in [0.15, 0.2) is 85.0 Å². The van der Waals surface area contributed by atoms with E-state index >= 15 is 0 Å². The van der Waals surface area contributed by atoms with Crippen molar-refractivity contribution < 1.29 is 37.9 Å². The highest BCUT2D eigenvalue weighted by Crippen LogP contribution is 2.31. The van der Waals surface area contributed by atoms with Gasteiger partial charge in [0.2, 0.25) is 17.9 Å². The second-order valence-electron chi connectivity index (χ2n) is 15.4. The highest BCUT2D eigenvalue weighted by molar-refractivity contribution is 6.18. The number of aromatic nitrogens is 4. The van der Waals surface area contributed by atoms with Crippen LogP contribution in [0.1, 0.15) is 66.7 Å². The number of carbonyl (C=O) groups excluding carboxylic acids is 6. The summed E-state index contributed by atoms with van der Waals surface area (Å²) in [6, 6.07) is 12.8. The molecule has 4 aliphatic rings. The highest BCUT2D eigenvalue weighted by Gasteiger charge is 2.44. The number of benzene rings is 2. The molecule has 3 saturated heterocycles. The van der Waals surface area contributed by atoms with Crippen LogP contribution >= 0.6 is 0 Å². The third-order valence-electron chi connectivity index (χ3n) is 11.4. The van der Waals surface area contributed by atoms with Crippen LogP contribution in [0, 0.1) is 11.7 Å². The fourth-order valence-electron chi connectivity index (χ4n) is 8.17. The fraction of sp³-hybridized carbons (Fsp3) is 0.357. The number of piperidine rings is 3. The van der Waals surface area contributed by atoms with E-state index in [4.69, 9.17) is 10.5 Å². The molecule has 1 unspecified atom stereocenters. The molecular weight excluding hydrogens is 776 g/mol. The molecule has 310 valence electrons. The molecule has 4 aliphatic heterocycles. The zero-order chi connectivity index (χ0) is 41.9. The Hall–Kier alpha value is -6.82. The predicted molar refractivity (Wildman–Crippen MR) is 212 cm³/mol. The lowest BCUT2D eigenvalue weighted by atomic mass is 9.94. The molecule has 8 rings (SSSR count). The van der Waals surface area contributed by atoms with Gasteiger partial charge in [-0.1, -0.05) is 30.3 Å². The number of hydrogen-bond acceptors (Lipinski definition) is 13. The minimum absolute atomic E-state index is 0.0815. The summed E-state index contributed by atoms with van der Waals surface area (Å²) in [5.41, 5.74) is 7.84. The largest absolute Gasteiger partial charge is 0.442 e. The Kier molecular flexibility index (Phi) is 11.5. The van der Waals surface area contributed by atoms with E-state index < -0.39 is 53.5 Å². The van der Waals surface area contributed by atoms with E-state index in [9.17, 15) is 33.2 Å². The van der Waals surface area contributed by atoms with Crippen LogP contribution in [0.5, 0.6) is 0 Å². The molecule has 17 nitrogen and oxygen atoms in total. The van der Waals surface area contributed by atoms with Crippen molar-refractivity contribution in [2.45, 2.75) is 56.7 Å². The molecule has 0 saturated carbocycles. The van der Waals surface area contributed by atoms with Crippen molar-refractivity contribution >= 4 is 47.0 Å². The van der Waals surface area contributed by atoms with Gasteiger partial charge in [0.25, 0.3) is 17.7 Å². The summed E-state index contributed by atoms with van der Waals surface area (Å²) in [5.74, 6) is -3.85. The summed E-state index contributed by atoms with van der Waals surface area (Å²) in [7, 11) is 0. The van der Waals surface area contributed by atoms with E-state index in [1.807, 2.05) is 15.8 Å².